The van der Waals surface area contributed by atoms with Crippen LogP contribution in [0.3, 0.4) is 0 Å². The molecule has 6 rings (SSSR count). The van der Waals surface area contributed by atoms with Gasteiger partial charge in [0.25, 0.3) is 0 Å². The molecule has 45 heavy (non-hydrogen) atoms. The van der Waals surface area contributed by atoms with Crippen LogP contribution in [-0.4, -0.2) is 76.8 Å². The van der Waals surface area contributed by atoms with E-state index in [1.54, 1.807) is 12.7 Å². The summed E-state index contributed by atoms with van der Waals surface area (Å²) < 4.78 is 9.89. The van der Waals surface area contributed by atoms with Gasteiger partial charge in [0.2, 0.25) is 0 Å². The molecule has 2 saturated heterocycles. The number of nitrogens with zero attached hydrogens (tertiary/aromatic N) is 3. The maximum Gasteiger partial charge on any atom is 2.00 e. The van der Waals surface area contributed by atoms with Gasteiger partial charge in [-0.3, -0.25) is 0 Å². The number of hydrogen-bond donors (Lipinski definition) is 1. The fourth-order valence-corrected chi connectivity index (χ4v) is 4.20. The van der Waals surface area contributed by atoms with Crippen LogP contribution in [0.4, 0.5) is 22.7 Å². The van der Waals surface area contributed by atoms with E-state index in [1.807, 2.05) is 98.8 Å². The van der Waals surface area contributed by atoms with Crippen LogP contribution in [0.1, 0.15) is 47.9 Å². The van der Waals surface area contributed by atoms with Gasteiger partial charge in [-0.1, -0.05) is 91.3 Å². The largest absolute Gasteiger partial charge is 2.00 e. The van der Waals surface area contributed by atoms with E-state index < -0.39 is 0 Å². The fourth-order valence-electron chi connectivity index (χ4n) is 4.20. The molecule has 0 radical (unpaired) electrons. The Morgan fingerprint density at radius 2 is 1.00 bits per heavy atom. The van der Waals surface area contributed by atoms with Crippen molar-refractivity contribution in [3.8, 4) is 0 Å². The van der Waals surface area contributed by atoms with Gasteiger partial charge in [0.15, 0.2) is 0 Å². The number of rotatable bonds is 6. The molecule has 7 heteroatoms. The van der Waals surface area contributed by atoms with Gasteiger partial charge in [-0.2, -0.15) is 0 Å². The van der Waals surface area contributed by atoms with E-state index >= 15 is 0 Å². The Kier molecular flexibility index (Phi) is 19.8. The summed E-state index contributed by atoms with van der Waals surface area (Å²) >= 11 is 0. The molecule has 4 aromatic carbocycles. The van der Waals surface area contributed by atoms with Crippen molar-refractivity contribution in [2.45, 2.75) is 53.4 Å². The van der Waals surface area contributed by atoms with Gasteiger partial charge in [-0.15, -0.1) is 0 Å². The van der Waals surface area contributed by atoms with Crippen molar-refractivity contribution in [2.75, 3.05) is 26.4 Å². The topological polar surface area (TPSA) is 73.0 Å². The van der Waals surface area contributed by atoms with Gasteiger partial charge in [0.05, 0.1) is 12.0 Å². The zero-order valence-corrected chi connectivity index (χ0v) is 29.6. The number of aliphatic imine (C=N–C) groups is 1. The minimum absolute atomic E-state index is 0. The van der Waals surface area contributed by atoms with Crippen LogP contribution in [0.5, 0.6) is 0 Å². The Hall–Kier alpha value is -3.00. The van der Waals surface area contributed by atoms with Crippen molar-refractivity contribution in [1.82, 2.24) is 0 Å². The zero-order chi connectivity index (χ0) is 31.2. The van der Waals surface area contributed by atoms with Crippen LogP contribution in [0.25, 0.3) is 10.6 Å². The Morgan fingerprint density at radius 3 is 1.47 bits per heavy atom. The van der Waals surface area contributed by atoms with E-state index in [9.17, 15) is 0 Å². The van der Waals surface area contributed by atoms with Crippen molar-refractivity contribution in [3.05, 3.63) is 130 Å². The Bertz CT molecular complexity index is 1310. The predicted octanol–water partition coefficient (Wildman–Crippen LogP) is 8.63. The third kappa shape index (κ3) is 15.7. The summed E-state index contributed by atoms with van der Waals surface area (Å²) in [4.78, 5) is 7.55. The Balaban J connectivity index is 0.000000235. The van der Waals surface area contributed by atoms with Crippen molar-refractivity contribution in [2.24, 2.45) is 4.99 Å². The van der Waals surface area contributed by atoms with Crippen LogP contribution in [0, 0.1) is 27.7 Å². The first-order valence-electron chi connectivity index (χ1n) is 15.4. The molecule has 0 amide bonds. The molecule has 2 aliphatic heterocycles. The van der Waals surface area contributed by atoms with Gasteiger partial charge in [0, 0.05) is 32.1 Å². The molecule has 0 saturated carbocycles. The van der Waals surface area contributed by atoms with Gasteiger partial charge in [-0.25, -0.2) is 5.32 Å². The van der Waals surface area contributed by atoms with Crippen LogP contribution in [-0.2, 0) is 9.47 Å². The maximum absolute atomic E-state index is 4.94. The second kappa shape index (κ2) is 23.4. The summed E-state index contributed by atoms with van der Waals surface area (Å²) in [5.74, 6) is 0. The van der Waals surface area contributed by atoms with E-state index in [1.165, 1.54) is 36.8 Å². The zero-order valence-electron chi connectivity index (χ0n) is 27.4. The third-order valence-corrected chi connectivity index (χ3v) is 6.96. The molecule has 232 valence electrons. The molecule has 2 aliphatic rings. The molecular formula is C38H47CaN4O2+. The van der Waals surface area contributed by atoms with Gasteiger partial charge in [-0.05, 0) is 99.1 Å². The standard InChI is InChI=1S/2C15H15N2.2C4H8O.Ca/c2*1-12-7-3-5-9-14(12)16-11-17-15-10-6-4-8-13(15)2;2*1-2-4-5-3-1;/h2*3-11H,1-2H3;2*1-4H2;/q2*-1;;;+2/p+1. The molecule has 2 fully saturated rings. The van der Waals surface area contributed by atoms with Gasteiger partial charge in [0.1, 0.15) is 0 Å². The van der Waals surface area contributed by atoms with Crippen molar-refractivity contribution >= 4 is 73.2 Å². The second-order valence-electron chi connectivity index (χ2n) is 10.6. The van der Waals surface area contributed by atoms with Gasteiger partial charge >= 0.3 is 37.7 Å². The van der Waals surface area contributed by atoms with Crippen molar-refractivity contribution < 1.29 is 14.5 Å². The predicted molar refractivity (Wildman–Crippen MR) is 191 cm³/mol. The fraction of sp³-hybridized carbons (Fsp3) is 0.316. The van der Waals surface area contributed by atoms with E-state index in [0.29, 0.717) is 0 Å². The molecule has 4 aromatic rings. The first-order chi connectivity index (χ1) is 21.5. The molecule has 2 heterocycles. The van der Waals surface area contributed by atoms with E-state index in [4.69, 9.17) is 9.47 Å². The minimum Gasteiger partial charge on any atom is -0.443 e. The molecular weight excluding hydrogens is 585 g/mol. The van der Waals surface area contributed by atoms with Crippen LogP contribution in [0.2, 0.25) is 0 Å². The minimum atomic E-state index is 0. The molecule has 0 aromatic heterocycles. The maximum atomic E-state index is 4.94. The third-order valence-electron chi connectivity index (χ3n) is 6.96. The number of ether oxygens (including phenoxy) is 2. The Morgan fingerprint density at radius 1 is 0.556 bits per heavy atom. The van der Waals surface area contributed by atoms with E-state index in [-0.39, 0.29) is 37.7 Å². The van der Waals surface area contributed by atoms with Crippen LogP contribution >= 0.6 is 0 Å². The first kappa shape index (κ1) is 38.2. The SMILES string of the molecule is C1CCOC1.C1CCOC1.Cc1ccccc1N=C[N-]c1ccccc1C.Cc1ccccc1[N-]C=[NH+]c1ccccc1C.[Ca+2]. The molecule has 0 atom stereocenters. The smallest absolute Gasteiger partial charge is 0.443 e. The van der Waals surface area contributed by atoms with Gasteiger partial charge < -0.3 is 24.8 Å². The average Bonchev–Trinajstić information content (AvgIpc) is 3.82. The first-order valence-corrected chi connectivity index (χ1v) is 15.4. The monoisotopic (exact) mass is 631 g/mol. The average molecular weight is 632 g/mol. The summed E-state index contributed by atoms with van der Waals surface area (Å²) in [7, 11) is 0. The van der Waals surface area contributed by atoms with Crippen LogP contribution in [0.15, 0.2) is 102 Å². The normalized spacial score (nSPS) is 13.4. The molecule has 1 N–H and O–H groups in total. The number of hydrogen-bond acceptors (Lipinski definition) is 3. The molecule has 0 bridgehead atoms. The molecule has 0 spiro atoms. The summed E-state index contributed by atoms with van der Waals surface area (Å²) in [6.45, 7) is 12.2. The summed E-state index contributed by atoms with van der Waals surface area (Å²) in [5.41, 5.74) is 8.71. The molecule has 0 aliphatic carbocycles. The summed E-state index contributed by atoms with van der Waals surface area (Å²) in [6, 6.07) is 32.3. The van der Waals surface area contributed by atoms with E-state index in [0.717, 1.165) is 60.3 Å². The van der Waals surface area contributed by atoms with E-state index in [2.05, 4.69) is 46.6 Å². The number of para-hydroxylation sites is 4. The second-order valence-corrected chi connectivity index (χ2v) is 10.6. The number of nitrogens with one attached hydrogen (secondary N) is 1. The summed E-state index contributed by atoms with van der Waals surface area (Å²) in [5, 5.41) is 8.76. The van der Waals surface area contributed by atoms with Crippen molar-refractivity contribution in [1.29, 1.82) is 0 Å². The number of benzene rings is 4. The number of aryl methyl sites for hydroxylation is 4. The quantitative estimate of drug-likeness (QED) is 0.131. The Labute approximate surface area is 300 Å². The molecule has 6 nitrogen and oxygen atoms in total. The summed E-state index contributed by atoms with van der Waals surface area (Å²) in [6.07, 6.45) is 8.47. The van der Waals surface area contributed by atoms with Crippen LogP contribution < -0.4 is 4.99 Å². The van der Waals surface area contributed by atoms with Crippen molar-refractivity contribution in [3.63, 3.8) is 0 Å². The molecule has 0 unspecified atom stereocenters.